The molecule has 0 heterocycles. The highest BCUT2D eigenvalue weighted by Crippen LogP contribution is 2.19. The molecule has 5 heteroatoms. The van der Waals surface area contributed by atoms with Gasteiger partial charge in [0.15, 0.2) is 0 Å². The largest absolute Gasteiger partial charge is 0.543 e. The molecule has 0 aliphatic carbocycles. The van der Waals surface area contributed by atoms with Gasteiger partial charge in [-0.1, -0.05) is 36.4 Å². The number of amides is 1. The van der Waals surface area contributed by atoms with E-state index < -0.39 is 11.9 Å². The second kappa shape index (κ2) is 7.08. The zero-order valence-electron chi connectivity index (χ0n) is 11.9. The van der Waals surface area contributed by atoms with E-state index in [-0.39, 0.29) is 5.70 Å². The monoisotopic (exact) mass is 296 g/mol. The molecule has 1 N–H and O–H groups in total. The molecular formula is C17H14NO4-. The molecule has 0 aromatic heterocycles. The molecule has 1 amide bonds. The van der Waals surface area contributed by atoms with E-state index in [4.69, 9.17) is 4.74 Å². The van der Waals surface area contributed by atoms with Crippen molar-refractivity contribution in [3.63, 3.8) is 0 Å². The number of benzene rings is 2. The zero-order valence-corrected chi connectivity index (χ0v) is 11.9. The molecule has 2 aromatic carbocycles. The van der Waals surface area contributed by atoms with Gasteiger partial charge in [0.2, 0.25) is 0 Å². The first-order chi connectivity index (χ1) is 10.6. The third-order valence-corrected chi connectivity index (χ3v) is 2.94. The van der Waals surface area contributed by atoms with Crippen molar-refractivity contribution in [2.75, 3.05) is 7.11 Å². The van der Waals surface area contributed by atoms with Crippen LogP contribution < -0.4 is 15.2 Å². The number of methoxy groups -OCH3 is 1. The standard InChI is InChI=1S/C17H15NO4/c1-22-15-10-6-5-9-13(15)11-14(17(20)21)18-16(19)12-7-3-2-4-8-12/h2-11H,1H3,(H,18,19)(H,20,21)/p-1. The van der Waals surface area contributed by atoms with Gasteiger partial charge >= 0.3 is 0 Å². The molecule has 0 unspecified atom stereocenters. The number of nitrogens with one attached hydrogen (secondary N) is 1. The van der Waals surface area contributed by atoms with Crippen molar-refractivity contribution >= 4 is 18.0 Å². The predicted octanol–water partition coefficient (Wildman–Crippen LogP) is 1.22. The number of ether oxygens (including phenoxy) is 1. The molecule has 0 atom stereocenters. The highest BCUT2D eigenvalue weighted by molar-refractivity contribution is 6.02. The van der Waals surface area contributed by atoms with Gasteiger partial charge in [-0.25, -0.2) is 0 Å². The first-order valence-electron chi connectivity index (χ1n) is 6.54. The Kier molecular flexibility index (Phi) is 4.93. The number of carbonyl (C=O) groups is 2. The van der Waals surface area contributed by atoms with E-state index in [2.05, 4.69) is 5.32 Å². The fourth-order valence-corrected chi connectivity index (χ4v) is 1.87. The molecule has 5 nitrogen and oxygen atoms in total. The zero-order chi connectivity index (χ0) is 15.9. The van der Waals surface area contributed by atoms with E-state index in [1.165, 1.54) is 13.2 Å². The minimum atomic E-state index is -1.48. The maximum atomic E-state index is 12.0. The van der Waals surface area contributed by atoms with Gasteiger partial charge < -0.3 is 20.0 Å². The van der Waals surface area contributed by atoms with E-state index in [1.807, 2.05) is 0 Å². The van der Waals surface area contributed by atoms with Gasteiger partial charge in [0, 0.05) is 11.1 Å². The minimum Gasteiger partial charge on any atom is -0.543 e. The van der Waals surface area contributed by atoms with Crippen molar-refractivity contribution in [1.29, 1.82) is 0 Å². The Bertz CT molecular complexity index is 708. The van der Waals surface area contributed by atoms with Gasteiger partial charge in [-0.15, -0.1) is 0 Å². The number of carboxylic acids is 1. The number of carboxylic acid groups (broad SMARTS) is 1. The Labute approximate surface area is 127 Å². The summed E-state index contributed by atoms with van der Waals surface area (Å²) in [5.74, 6) is -1.50. The summed E-state index contributed by atoms with van der Waals surface area (Å²) >= 11 is 0. The number of carbonyl (C=O) groups excluding carboxylic acids is 2. The topological polar surface area (TPSA) is 78.5 Å². The van der Waals surface area contributed by atoms with Gasteiger partial charge in [-0.2, -0.15) is 0 Å². The maximum absolute atomic E-state index is 12.0. The predicted molar refractivity (Wildman–Crippen MR) is 79.9 cm³/mol. The maximum Gasteiger partial charge on any atom is 0.255 e. The Morgan fingerprint density at radius 2 is 1.68 bits per heavy atom. The summed E-state index contributed by atoms with van der Waals surface area (Å²) in [6, 6.07) is 15.2. The quantitative estimate of drug-likeness (QED) is 0.841. The molecule has 0 fully saturated rings. The van der Waals surface area contributed by atoms with Crippen LogP contribution in [0.2, 0.25) is 0 Å². The summed E-state index contributed by atoms with van der Waals surface area (Å²) in [5.41, 5.74) is 0.547. The van der Waals surface area contributed by atoms with Gasteiger partial charge in [-0.3, -0.25) is 4.79 Å². The lowest BCUT2D eigenvalue weighted by atomic mass is 10.1. The van der Waals surface area contributed by atoms with Crippen molar-refractivity contribution in [1.82, 2.24) is 5.32 Å². The molecule has 22 heavy (non-hydrogen) atoms. The molecule has 112 valence electrons. The number of hydrogen-bond acceptors (Lipinski definition) is 4. The summed E-state index contributed by atoms with van der Waals surface area (Å²) < 4.78 is 5.14. The van der Waals surface area contributed by atoms with Crippen LogP contribution in [0.4, 0.5) is 0 Å². The lowest BCUT2D eigenvalue weighted by molar-refractivity contribution is -0.299. The van der Waals surface area contributed by atoms with Gasteiger partial charge in [0.25, 0.3) is 5.91 Å². The fraction of sp³-hybridized carbons (Fsp3) is 0.0588. The molecule has 0 saturated heterocycles. The molecule has 0 radical (unpaired) electrons. The molecule has 2 aromatic rings. The number of para-hydroxylation sites is 1. The fourth-order valence-electron chi connectivity index (χ4n) is 1.87. The molecule has 2 rings (SSSR count). The van der Waals surface area contributed by atoms with Crippen molar-refractivity contribution in [3.8, 4) is 5.75 Å². The van der Waals surface area contributed by atoms with Crippen LogP contribution >= 0.6 is 0 Å². The number of rotatable bonds is 5. The molecule has 0 aliphatic rings. The molecular weight excluding hydrogens is 282 g/mol. The van der Waals surface area contributed by atoms with Gasteiger partial charge in [-0.05, 0) is 24.3 Å². The highest BCUT2D eigenvalue weighted by Gasteiger charge is 2.09. The van der Waals surface area contributed by atoms with Crippen LogP contribution in [0, 0.1) is 0 Å². The van der Waals surface area contributed by atoms with E-state index in [0.717, 1.165) is 0 Å². The average Bonchev–Trinajstić information content (AvgIpc) is 2.55. The van der Waals surface area contributed by atoms with Crippen LogP contribution in [-0.4, -0.2) is 19.0 Å². The summed E-state index contributed by atoms with van der Waals surface area (Å²) in [5, 5.41) is 13.6. The molecule has 0 saturated carbocycles. The summed E-state index contributed by atoms with van der Waals surface area (Å²) in [4.78, 5) is 23.3. The SMILES string of the molecule is COc1ccccc1C=C(NC(=O)c1ccccc1)C(=O)[O-]. The highest BCUT2D eigenvalue weighted by atomic mass is 16.5. The van der Waals surface area contributed by atoms with Crippen LogP contribution in [0.1, 0.15) is 15.9 Å². The Morgan fingerprint density at radius 1 is 1.05 bits per heavy atom. The summed E-state index contributed by atoms with van der Waals surface area (Å²) in [7, 11) is 1.48. The first kappa shape index (κ1) is 15.3. The summed E-state index contributed by atoms with van der Waals surface area (Å²) in [6.45, 7) is 0. The third kappa shape index (κ3) is 3.73. The van der Waals surface area contributed by atoms with Crippen molar-refractivity contribution in [2.45, 2.75) is 0 Å². The van der Waals surface area contributed by atoms with Crippen LogP contribution in [-0.2, 0) is 4.79 Å². The van der Waals surface area contributed by atoms with Crippen LogP contribution in [0.15, 0.2) is 60.3 Å². The van der Waals surface area contributed by atoms with Gasteiger partial charge in [0.1, 0.15) is 5.75 Å². The Morgan fingerprint density at radius 3 is 2.32 bits per heavy atom. The second-order valence-corrected chi connectivity index (χ2v) is 4.41. The van der Waals surface area contributed by atoms with Crippen molar-refractivity contribution in [2.24, 2.45) is 0 Å². The summed E-state index contributed by atoms with van der Waals surface area (Å²) in [6.07, 6.45) is 1.30. The van der Waals surface area contributed by atoms with Crippen LogP contribution in [0.5, 0.6) is 5.75 Å². The van der Waals surface area contributed by atoms with E-state index in [1.54, 1.807) is 54.6 Å². The molecule has 0 spiro atoms. The Hall–Kier alpha value is -3.08. The normalized spacial score (nSPS) is 10.9. The Balaban J connectivity index is 2.29. The van der Waals surface area contributed by atoms with Gasteiger partial charge in [0.05, 0.1) is 18.8 Å². The lowest BCUT2D eigenvalue weighted by Gasteiger charge is -2.12. The van der Waals surface area contributed by atoms with Crippen molar-refractivity contribution in [3.05, 3.63) is 71.4 Å². The van der Waals surface area contributed by atoms with E-state index in [9.17, 15) is 14.7 Å². The van der Waals surface area contributed by atoms with Crippen LogP contribution in [0.3, 0.4) is 0 Å². The van der Waals surface area contributed by atoms with Crippen LogP contribution in [0.25, 0.3) is 6.08 Å². The third-order valence-electron chi connectivity index (χ3n) is 2.94. The molecule has 0 bridgehead atoms. The van der Waals surface area contributed by atoms with E-state index in [0.29, 0.717) is 16.9 Å². The average molecular weight is 296 g/mol. The second-order valence-electron chi connectivity index (χ2n) is 4.41. The minimum absolute atomic E-state index is 0.335. The first-order valence-corrected chi connectivity index (χ1v) is 6.54. The van der Waals surface area contributed by atoms with E-state index >= 15 is 0 Å². The number of aliphatic carboxylic acids is 1. The molecule has 0 aliphatic heterocycles. The number of hydrogen-bond donors (Lipinski definition) is 1. The smallest absolute Gasteiger partial charge is 0.255 e. The van der Waals surface area contributed by atoms with Crippen molar-refractivity contribution < 1.29 is 19.4 Å². The lowest BCUT2D eigenvalue weighted by Crippen LogP contribution is -2.35.